The van der Waals surface area contributed by atoms with Gasteiger partial charge in [-0.3, -0.25) is 14.9 Å². The molecule has 0 bridgehead atoms. The van der Waals surface area contributed by atoms with E-state index in [-0.39, 0.29) is 17.5 Å². The Bertz CT molecular complexity index is 524. The number of nitro groups is 1. The summed E-state index contributed by atoms with van der Waals surface area (Å²) in [6.45, 7) is 0.542. The molecule has 114 valence electrons. The first-order valence-corrected chi connectivity index (χ1v) is 7.21. The lowest BCUT2D eigenvalue weighted by atomic mass is 9.71. The van der Waals surface area contributed by atoms with Crippen molar-refractivity contribution in [2.24, 2.45) is 5.41 Å². The van der Waals surface area contributed by atoms with Crippen LogP contribution in [0.2, 0.25) is 0 Å². The van der Waals surface area contributed by atoms with Crippen LogP contribution in [0.5, 0.6) is 0 Å². The lowest BCUT2D eigenvalue weighted by Crippen LogP contribution is -2.34. The van der Waals surface area contributed by atoms with Crippen LogP contribution in [0.25, 0.3) is 0 Å². The highest BCUT2D eigenvalue weighted by atomic mass is 16.6. The minimum Gasteiger partial charge on any atom is -0.481 e. The summed E-state index contributed by atoms with van der Waals surface area (Å²) in [5.41, 5.74) is 0.463. The molecular weight excluding hydrogens is 272 g/mol. The van der Waals surface area contributed by atoms with Gasteiger partial charge in [-0.2, -0.15) is 0 Å². The first-order chi connectivity index (χ1) is 10.0. The SMILES string of the molecule is O=C(O)CC1(CNc2cccc([N+](=O)[O-])c2)CCCCC1. The highest BCUT2D eigenvalue weighted by molar-refractivity contribution is 5.68. The number of rotatable bonds is 6. The molecular formula is C15H20N2O4. The molecule has 0 amide bonds. The Morgan fingerprint density at radius 1 is 1.33 bits per heavy atom. The molecule has 2 rings (SSSR count). The molecule has 1 aliphatic carbocycles. The van der Waals surface area contributed by atoms with Gasteiger partial charge in [-0.15, -0.1) is 0 Å². The Labute approximate surface area is 123 Å². The standard InChI is InChI=1S/C15H20N2O4/c18-14(19)10-15(7-2-1-3-8-15)11-16-12-5-4-6-13(9-12)17(20)21/h4-6,9,16H,1-3,7-8,10-11H2,(H,18,19). The van der Waals surface area contributed by atoms with E-state index in [1.165, 1.54) is 12.1 Å². The van der Waals surface area contributed by atoms with Crippen LogP contribution < -0.4 is 5.32 Å². The molecule has 0 radical (unpaired) electrons. The molecule has 1 fully saturated rings. The van der Waals surface area contributed by atoms with E-state index in [4.69, 9.17) is 5.11 Å². The molecule has 0 spiro atoms. The van der Waals surface area contributed by atoms with Crippen molar-refractivity contribution in [2.75, 3.05) is 11.9 Å². The number of carboxylic acid groups (broad SMARTS) is 1. The third-order valence-electron chi connectivity index (χ3n) is 4.16. The van der Waals surface area contributed by atoms with Crippen LogP contribution in [-0.4, -0.2) is 22.5 Å². The molecule has 0 unspecified atom stereocenters. The molecule has 0 heterocycles. The molecule has 2 N–H and O–H groups in total. The smallest absolute Gasteiger partial charge is 0.303 e. The van der Waals surface area contributed by atoms with Gasteiger partial charge in [-0.05, 0) is 24.3 Å². The molecule has 0 aliphatic heterocycles. The van der Waals surface area contributed by atoms with Crippen molar-refractivity contribution < 1.29 is 14.8 Å². The third kappa shape index (κ3) is 4.18. The number of nitro benzene ring substituents is 1. The normalized spacial score (nSPS) is 17.1. The third-order valence-corrected chi connectivity index (χ3v) is 4.16. The Morgan fingerprint density at radius 3 is 2.67 bits per heavy atom. The molecule has 6 nitrogen and oxygen atoms in total. The van der Waals surface area contributed by atoms with E-state index in [1.807, 2.05) is 0 Å². The summed E-state index contributed by atoms with van der Waals surface area (Å²) in [6, 6.07) is 6.32. The van der Waals surface area contributed by atoms with Crippen molar-refractivity contribution in [2.45, 2.75) is 38.5 Å². The van der Waals surface area contributed by atoms with Crippen LogP contribution in [0.4, 0.5) is 11.4 Å². The lowest BCUT2D eigenvalue weighted by Gasteiger charge is -2.36. The minimum absolute atomic E-state index is 0.0379. The van der Waals surface area contributed by atoms with Gasteiger partial charge in [-0.1, -0.05) is 25.3 Å². The second-order valence-corrected chi connectivity index (χ2v) is 5.79. The topological polar surface area (TPSA) is 92.5 Å². The van der Waals surface area contributed by atoms with Crippen molar-refractivity contribution in [3.05, 3.63) is 34.4 Å². The summed E-state index contributed by atoms with van der Waals surface area (Å²) in [7, 11) is 0. The molecule has 0 aromatic heterocycles. The van der Waals surface area contributed by atoms with Crippen LogP contribution >= 0.6 is 0 Å². The van der Waals surface area contributed by atoms with Gasteiger partial charge >= 0.3 is 5.97 Å². The molecule has 1 aliphatic rings. The second-order valence-electron chi connectivity index (χ2n) is 5.79. The Balaban J connectivity index is 2.06. The van der Waals surface area contributed by atoms with Gasteiger partial charge in [0.2, 0.25) is 0 Å². The largest absolute Gasteiger partial charge is 0.481 e. The van der Waals surface area contributed by atoms with Crippen molar-refractivity contribution >= 4 is 17.3 Å². The van der Waals surface area contributed by atoms with Crippen molar-refractivity contribution in [1.29, 1.82) is 0 Å². The zero-order valence-corrected chi connectivity index (χ0v) is 11.9. The number of nitrogens with zero attached hydrogens (tertiary/aromatic N) is 1. The van der Waals surface area contributed by atoms with Gasteiger partial charge in [0.25, 0.3) is 5.69 Å². The lowest BCUT2D eigenvalue weighted by molar-refractivity contribution is -0.384. The van der Waals surface area contributed by atoms with E-state index in [2.05, 4.69) is 5.32 Å². The predicted octanol–water partition coefficient (Wildman–Crippen LogP) is 3.43. The average Bonchev–Trinajstić information content (AvgIpc) is 2.46. The minimum atomic E-state index is -0.780. The number of hydrogen-bond donors (Lipinski definition) is 2. The summed E-state index contributed by atoms with van der Waals surface area (Å²) >= 11 is 0. The van der Waals surface area contributed by atoms with E-state index in [0.29, 0.717) is 12.2 Å². The first kappa shape index (κ1) is 15.3. The molecule has 0 atom stereocenters. The number of anilines is 1. The van der Waals surface area contributed by atoms with Crippen LogP contribution in [0.15, 0.2) is 24.3 Å². The maximum absolute atomic E-state index is 11.1. The van der Waals surface area contributed by atoms with Crippen LogP contribution in [-0.2, 0) is 4.79 Å². The zero-order chi connectivity index (χ0) is 15.3. The van der Waals surface area contributed by atoms with Crippen molar-refractivity contribution in [1.82, 2.24) is 0 Å². The van der Waals surface area contributed by atoms with Crippen LogP contribution in [0.3, 0.4) is 0 Å². The van der Waals surface area contributed by atoms with Crippen LogP contribution in [0, 0.1) is 15.5 Å². The molecule has 0 saturated heterocycles. The molecule has 1 aromatic rings. The molecule has 1 aromatic carbocycles. The Morgan fingerprint density at radius 2 is 2.05 bits per heavy atom. The number of benzene rings is 1. The highest BCUT2D eigenvalue weighted by Crippen LogP contribution is 2.39. The number of aliphatic carboxylic acids is 1. The zero-order valence-electron chi connectivity index (χ0n) is 11.9. The fourth-order valence-corrected chi connectivity index (χ4v) is 3.06. The fourth-order valence-electron chi connectivity index (χ4n) is 3.06. The molecule has 6 heteroatoms. The summed E-state index contributed by atoms with van der Waals surface area (Å²) in [5.74, 6) is -0.780. The van der Waals surface area contributed by atoms with E-state index < -0.39 is 10.9 Å². The number of nitrogens with one attached hydrogen (secondary N) is 1. The second kappa shape index (κ2) is 6.56. The number of carboxylic acids is 1. The fraction of sp³-hybridized carbons (Fsp3) is 0.533. The van der Waals surface area contributed by atoms with Crippen LogP contribution in [0.1, 0.15) is 38.5 Å². The van der Waals surface area contributed by atoms with Gasteiger partial charge in [-0.25, -0.2) is 0 Å². The number of non-ortho nitro benzene ring substituents is 1. The van der Waals surface area contributed by atoms with Gasteiger partial charge in [0.05, 0.1) is 11.3 Å². The number of hydrogen-bond acceptors (Lipinski definition) is 4. The van der Waals surface area contributed by atoms with E-state index in [9.17, 15) is 14.9 Å². The van der Waals surface area contributed by atoms with E-state index in [0.717, 1.165) is 32.1 Å². The summed E-state index contributed by atoms with van der Waals surface area (Å²) in [4.78, 5) is 21.4. The highest BCUT2D eigenvalue weighted by Gasteiger charge is 2.34. The number of carbonyl (C=O) groups is 1. The average molecular weight is 292 g/mol. The molecule has 1 saturated carbocycles. The quantitative estimate of drug-likeness (QED) is 0.619. The Kier molecular flexibility index (Phi) is 4.77. The summed E-state index contributed by atoms with van der Waals surface area (Å²) < 4.78 is 0. The van der Waals surface area contributed by atoms with E-state index >= 15 is 0 Å². The summed E-state index contributed by atoms with van der Waals surface area (Å²) in [5, 5.41) is 23.1. The van der Waals surface area contributed by atoms with Crippen molar-refractivity contribution in [3.8, 4) is 0 Å². The van der Waals surface area contributed by atoms with Gasteiger partial charge in [0, 0.05) is 24.4 Å². The molecule has 21 heavy (non-hydrogen) atoms. The maximum atomic E-state index is 11.1. The Hall–Kier alpha value is -2.11. The first-order valence-electron chi connectivity index (χ1n) is 7.21. The van der Waals surface area contributed by atoms with Crippen molar-refractivity contribution in [3.63, 3.8) is 0 Å². The predicted molar refractivity (Wildman–Crippen MR) is 79.4 cm³/mol. The monoisotopic (exact) mass is 292 g/mol. The maximum Gasteiger partial charge on any atom is 0.303 e. The van der Waals surface area contributed by atoms with E-state index in [1.54, 1.807) is 12.1 Å². The van der Waals surface area contributed by atoms with Gasteiger partial charge in [0.1, 0.15) is 0 Å². The summed E-state index contributed by atoms with van der Waals surface area (Å²) in [6.07, 6.45) is 5.17. The van der Waals surface area contributed by atoms with Gasteiger partial charge < -0.3 is 10.4 Å². The van der Waals surface area contributed by atoms with Gasteiger partial charge in [0.15, 0.2) is 0 Å².